The number of carbonyl (C=O) groups excluding carboxylic acids is 2. The maximum absolute atomic E-state index is 13.6. The molecule has 3 fully saturated rings. The Bertz CT molecular complexity index is 1020. The average Bonchev–Trinajstić information content (AvgIpc) is 3.09. The second-order valence-electron chi connectivity index (χ2n) is 10.1. The first-order valence-electron chi connectivity index (χ1n) is 12.5. The number of rotatable bonds is 5. The SMILES string of the molecule is CC1CCCCC12NC(=O)N(CN1CCN(C(c3ccc(F)cc3)c3ccc(F)cc3)CC1)C2=O. The molecule has 8 heteroatoms. The molecule has 0 aromatic heterocycles. The standard InChI is InChI=1S/C27H32F2N4O2/c1-19-4-2-3-13-27(19)25(34)33(26(35)30-27)18-31-14-16-32(17-15-31)24(20-5-9-22(28)10-6-20)21-7-11-23(29)12-8-21/h5-12,19,24H,2-4,13-18H2,1H3,(H,30,35). The highest BCUT2D eigenvalue weighted by Gasteiger charge is 2.55. The number of urea groups is 1. The molecule has 0 radical (unpaired) electrons. The summed E-state index contributed by atoms with van der Waals surface area (Å²) in [6.45, 7) is 5.10. The molecule has 1 aliphatic carbocycles. The number of hydrogen-bond donors (Lipinski definition) is 1. The summed E-state index contributed by atoms with van der Waals surface area (Å²) in [6, 6.07) is 12.4. The van der Waals surface area contributed by atoms with Gasteiger partial charge in [-0.25, -0.2) is 18.5 Å². The van der Waals surface area contributed by atoms with E-state index in [1.807, 2.05) is 0 Å². The molecule has 1 spiro atoms. The minimum absolute atomic E-state index is 0.0902. The summed E-state index contributed by atoms with van der Waals surface area (Å²) in [6.07, 6.45) is 3.71. The van der Waals surface area contributed by atoms with E-state index in [9.17, 15) is 18.4 Å². The summed E-state index contributed by atoms with van der Waals surface area (Å²) >= 11 is 0. The van der Waals surface area contributed by atoms with Gasteiger partial charge in [0.25, 0.3) is 5.91 Å². The van der Waals surface area contributed by atoms with E-state index >= 15 is 0 Å². The van der Waals surface area contributed by atoms with Crippen molar-refractivity contribution in [2.24, 2.45) is 5.92 Å². The monoisotopic (exact) mass is 482 g/mol. The molecule has 3 aliphatic rings. The highest BCUT2D eigenvalue weighted by molar-refractivity contribution is 6.07. The molecule has 2 unspecified atom stereocenters. The number of nitrogens with zero attached hydrogens (tertiary/aromatic N) is 3. The van der Waals surface area contributed by atoms with Crippen molar-refractivity contribution in [3.05, 3.63) is 71.3 Å². The minimum Gasteiger partial charge on any atom is -0.323 e. The topological polar surface area (TPSA) is 55.9 Å². The lowest BCUT2D eigenvalue weighted by Crippen LogP contribution is -2.55. The molecule has 2 heterocycles. The molecule has 2 saturated heterocycles. The lowest BCUT2D eigenvalue weighted by molar-refractivity contribution is -0.136. The van der Waals surface area contributed by atoms with Crippen molar-refractivity contribution in [1.29, 1.82) is 0 Å². The largest absolute Gasteiger partial charge is 0.326 e. The first kappa shape index (κ1) is 23.9. The summed E-state index contributed by atoms with van der Waals surface area (Å²) in [5.41, 5.74) is 1.13. The Labute approximate surface area is 204 Å². The molecule has 186 valence electrons. The summed E-state index contributed by atoms with van der Waals surface area (Å²) in [7, 11) is 0. The lowest BCUT2D eigenvalue weighted by Gasteiger charge is -2.41. The maximum Gasteiger partial charge on any atom is 0.326 e. The predicted molar refractivity (Wildman–Crippen MR) is 128 cm³/mol. The zero-order valence-electron chi connectivity index (χ0n) is 20.1. The minimum atomic E-state index is -0.743. The Morgan fingerprint density at radius 3 is 2.03 bits per heavy atom. The molecule has 1 N–H and O–H groups in total. The van der Waals surface area contributed by atoms with E-state index in [0.29, 0.717) is 32.6 Å². The van der Waals surface area contributed by atoms with E-state index in [0.717, 1.165) is 30.4 Å². The molecule has 2 aromatic carbocycles. The number of halogens is 2. The van der Waals surface area contributed by atoms with E-state index in [4.69, 9.17) is 0 Å². The van der Waals surface area contributed by atoms with Crippen molar-refractivity contribution in [3.8, 4) is 0 Å². The Morgan fingerprint density at radius 2 is 1.49 bits per heavy atom. The first-order valence-corrected chi connectivity index (χ1v) is 12.5. The third-order valence-electron chi connectivity index (χ3n) is 7.99. The second-order valence-corrected chi connectivity index (χ2v) is 10.1. The highest BCUT2D eigenvalue weighted by Crippen LogP contribution is 2.38. The predicted octanol–water partition coefficient (Wildman–Crippen LogP) is 4.13. The number of nitrogens with one attached hydrogen (secondary N) is 1. The van der Waals surface area contributed by atoms with Crippen LogP contribution in [0, 0.1) is 17.6 Å². The number of piperazine rings is 1. The quantitative estimate of drug-likeness (QED) is 0.652. The van der Waals surface area contributed by atoms with Crippen LogP contribution in [0.2, 0.25) is 0 Å². The zero-order chi connectivity index (χ0) is 24.6. The van der Waals surface area contributed by atoms with Crippen molar-refractivity contribution in [3.63, 3.8) is 0 Å². The normalized spacial score (nSPS) is 26.1. The average molecular weight is 483 g/mol. The number of carbonyl (C=O) groups is 2. The number of amides is 3. The third-order valence-corrected chi connectivity index (χ3v) is 7.99. The maximum atomic E-state index is 13.6. The van der Waals surface area contributed by atoms with Gasteiger partial charge in [0, 0.05) is 26.2 Å². The Kier molecular flexibility index (Phi) is 6.59. The van der Waals surface area contributed by atoms with Crippen molar-refractivity contribution in [2.45, 2.75) is 44.2 Å². The van der Waals surface area contributed by atoms with Gasteiger partial charge in [0.15, 0.2) is 0 Å². The van der Waals surface area contributed by atoms with Crippen LogP contribution in [0.5, 0.6) is 0 Å². The Balaban J connectivity index is 1.28. The summed E-state index contributed by atoms with van der Waals surface area (Å²) in [5.74, 6) is -0.542. The number of imide groups is 1. The smallest absolute Gasteiger partial charge is 0.323 e. The molecule has 3 amide bonds. The second kappa shape index (κ2) is 9.66. The van der Waals surface area contributed by atoms with Crippen molar-refractivity contribution >= 4 is 11.9 Å². The Hall–Kier alpha value is -2.84. The highest BCUT2D eigenvalue weighted by atomic mass is 19.1. The van der Waals surface area contributed by atoms with Crippen LogP contribution < -0.4 is 5.32 Å². The van der Waals surface area contributed by atoms with E-state index in [-0.39, 0.29) is 42.2 Å². The zero-order valence-corrected chi connectivity index (χ0v) is 20.1. The third kappa shape index (κ3) is 4.57. The lowest BCUT2D eigenvalue weighted by atomic mass is 9.73. The molecule has 5 rings (SSSR count). The van der Waals surface area contributed by atoms with Crippen LogP contribution in [0.4, 0.5) is 13.6 Å². The van der Waals surface area contributed by atoms with Gasteiger partial charge in [0.2, 0.25) is 0 Å². The van der Waals surface area contributed by atoms with Crippen LogP contribution in [-0.2, 0) is 4.79 Å². The molecule has 6 nitrogen and oxygen atoms in total. The van der Waals surface area contributed by atoms with Gasteiger partial charge in [0.05, 0.1) is 12.7 Å². The van der Waals surface area contributed by atoms with Crippen LogP contribution in [0.15, 0.2) is 48.5 Å². The van der Waals surface area contributed by atoms with Crippen molar-refractivity contribution in [2.75, 3.05) is 32.8 Å². The van der Waals surface area contributed by atoms with Crippen LogP contribution in [0.3, 0.4) is 0 Å². The fraction of sp³-hybridized carbons (Fsp3) is 0.481. The van der Waals surface area contributed by atoms with Crippen LogP contribution in [0.25, 0.3) is 0 Å². The van der Waals surface area contributed by atoms with Gasteiger partial charge in [-0.15, -0.1) is 0 Å². The van der Waals surface area contributed by atoms with Gasteiger partial charge in [-0.05, 0) is 54.2 Å². The molecular formula is C27H32F2N4O2. The van der Waals surface area contributed by atoms with Crippen LogP contribution in [-0.4, -0.2) is 65.0 Å². The fourth-order valence-electron chi connectivity index (χ4n) is 5.89. The van der Waals surface area contributed by atoms with E-state index in [1.54, 1.807) is 24.3 Å². The molecule has 2 aliphatic heterocycles. The molecule has 0 bridgehead atoms. The van der Waals surface area contributed by atoms with E-state index in [2.05, 4.69) is 22.0 Å². The van der Waals surface area contributed by atoms with Gasteiger partial charge in [-0.1, -0.05) is 44.0 Å². The van der Waals surface area contributed by atoms with Crippen LogP contribution >= 0.6 is 0 Å². The van der Waals surface area contributed by atoms with Gasteiger partial charge < -0.3 is 5.32 Å². The van der Waals surface area contributed by atoms with Crippen LogP contribution in [0.1, 0.15) is 49.8 Å². The van der Waals surface area contributed by atoms with E-state index in [1.165, 1.54) is 29.2 Å². The Morgan fingerprint density at radius 1 is 0.914 bits per heavy atom. The number of hydrogen-bond acceptors (Lipinski definition) is 4. The molecule has 1 saturated carbocycles. The fourth-order valence-corrected chi connectivity index (χ4v) is 5.89. The van der Waals surface area contributed by atoms with Crippen molar-refractivity contribution in [1.82, 2.24) is 20.0 Å². The first-order chi connectivity index (χ1) is 16.9. The summed E-state index contributed by atoms with van der Waals surface area (Å²) in [4.78, 5) is 31.9. The summed E-state index contributed by atoms with van der Waals surface area (Å²) < 4.78 is 27.2. The molecular weight excluding hydrogens is 450 g/mol. The molecule has 2 atom stereocenters. The molecule has 35 heavy (non-hydrogen) atoms. The van der Waals surface area contributed by atoms with Gasteiger partial charge in [0.1, 0.15) is 17.2 Å². The summed E-state index contributed by atoms with van der Waals surface area (Å²) in [5, 5.41) is 3.03. The van der Waals surface area contributed by atoms with Gasteiger partial charge >= 0.3 is 6.03 Å². The van der Waals surface area contributed by atoms with Gasteiger partial charge in [-0.3, -0.25) is 14.6 Å². The van der Waals surface area contributed by atoms with Gasteiger partial charge in [-0.2, -0.15) is 0 Å². The molecule has 2 aromatic rings. The number of benzene rings is 2. The van der Waals surface area contributed by atoms with Crippen molar-refractivity contribution < 1.29 is 18.4 Å². The van der Waals surface area contributed by atoms with E-state index < -0.39 is 5.54 Å².